The molecule has 2 rings (SSSR count). The molecule has 1 unspecified atom stereocenters. The SMILES string of the molecule is N#CCC(Nc1cc(Cl)c(F)c(Cl)c1)c1ccccc1. The zero-order valence-electron chi connectivity index (χ0n) is 10.4. The zero-order valence-corrected chi connectivity index (χ0v) is 11.9. The van der Waals surface area contributed by atoms with Crippen LogP contribution in [0.15, 0.2) is 42.5 Å². The number of nitrogens with one attached hydrogen (secondary N) is 1. The first kappa shape index (κ1) is 14.6. The van der Waals surface area contributed by atoms with Crippen molar-refractivity contribution in [3.05, 3.63) is 63.9 Å². The van der Waals surface area contributed by atoms with Gasteiger partial charge >= 0.3 is 0 Å². The molecule has 0 saturated heterocycles. The van der Waals surface area contributed by atoms with Gasteiger partial charge in [0.15, 0.2) is 5.82 Å². The number of benzene rings is 2. The first-order valence-electron chi connectivity index (χ1n) is 5.95. The predicted molar refractivity (Wildman–Crippen MR) is 79.5 cm³/mol. The smallest absolute Gasteiger partial charge is 0.160 e. The fraction of sp³-hybridized carbons (Fsp3) is 0.133. The van der Waals surface area contributed by atoms with Gasteiger partial charge in [-0.25, -0.2) is 4.39 Å². The van der Waals surface area contributed by atoms with Crippen molar-refractivity contribution in [3.63, 3.8) is 0 Å². The van der Waals surface area contributed by atoms with E-state index in [9.17, 15) is 4.39 Å². The normalized spacial score (nSPS) is 11.7. The number of anilines is 1. The molecule has 0 fully saturated rings. The fourth-order valence-electron chi connectivity index (χ4n) is 1.87. The number of halogens is 3. The third-order valence-corrected chi connectivity index (χ3v) is 3.37. The van der Waals surface area contributed by atoms with Gasteiger partial charge in [0.2, 0.25) is 0 Å². The minimum absolute atomic E-state index is 0.0521. The third kappa shape index (κ3) is 3.41. The van der Waals surface area contributed by atoms with Crippen LogP contribution in [0.2, 0.25) is 10.0 Å². The van der Waals surface area contributed by atoms with Crippen molar-refractivity contribution in [2.75, 3.05) is 5.32 Å². The van der Waals surface area contributed by atoms with E-state index in [0.29, 0.717) is 5.69 Å². The summed E-state index contributed by atoms with van der Waals surface area (Å²) >= 11 is 11.5. The lowest BCUT2D eigenvalue weighted by Crippen LogP contribution is -2.10. The van der Waals surface area contributed by atoms with Crippen LogP contribution in [0.1, 0.15) is 18.0 Å². The molecule has 1 N–H and O–H groups in total. The Morgan fingerprint density at radius 3 is 2.30 bits per heavy atom. The minimum atomic E-state index is -0.643. The largest absolute Gasteiger partial charge is 0.377 e. The van der Waals surface area contributed by atoms with Crippen LogP contribution in [0, 0.1) is 17.1 Å². The lowest BCUT2D eigenvalue weighted by Gasteiger charge is -2.18. The van der Waals surface area contributed by atoms with E-state index in [1.807, 2.05) is 30.3 Å². The van der Waals surface area contributed by atoms with E-state index >= 15 is 0 Å². The lowest BCUT2D eigenvalue weighted by molar-refractivity contribution is 0.628. The van der Waals surface area contributed by atoms with Crippen LogP contribution in [-0.2, 0) is 0 Å². The van der Waals surface area contributed by atoms with Gasteiger partial charge in [-0.15, -0.1) is 0 Å². The Morgan fingerprint density at radius 1 is 1.15 bits per heavy atom. The standard InChI is InChI=1S/C15H11Cl2FN2/c16-12-8-11(9-13(17)15(12)18)20-14(6-7-19)10-4-2-1-3-5-10/h1-5,8-9,14,20H,6H2. The van der Waals surface area contributed by atoms with Crippen molar-refractivity contribution < 1.29 is 4.39 Å². The van der Waals surface area contributed by atoms with Crippen LogP contribution in [0.4, 0.5) is 10.1 Å². The van der Waals surface area contributed by atoms with Gasteiger partial charge in [-0.05, 0) is 17.7 Å². The van der Waals surface area contributed by atoms with Gasteiger partial charge in [0.05, 0.1) is 28.6 Å². The van der Waals surface area contributed by atoms with Crippen molar-refractivity contribution in [1.82, 2.24) is 0 Å². The maximum atomic E-state index is 13.4. The summed E-state index contributed by atoms with van der Waals surface area (Å²) in [5, 5.41) is 12.0. The molecule has 2 nitrogen and oxygen atoms in total. The van der Waals surface area contributed by atoms with E-state index in [2.05, 4.69) is 11.4 Å². The van der Waals surface area contributed by atoms with Crippen LogP contribution in [0.5, 0.6) is 0 Å². The van der Waals surface area contributed by atoms with Crippen LogP contribution in [0.25, 0.3) is 0 Å². The molecule has 0 aliphatic heterocycles. The second-order valence-corrected chi connectivity index (χ2v) is 5.04. The fourth-order valence-corrected chi connectivity index (χ4v) is 2.36. The van der Waals surface area contributed by atoms with Gasteiger partial charge in [0, 0.05) is 5.69 Å². The van der Waals surface area contributed by atoms with Gasteiger partial charge in [0.1, 0.15) is 0 Å². The van der Waals surface area contributed by atoms with E-state index in [1.54, 1.807) is 0 Å². The van der Waals surface area contributed by atoms with Crippen LogP contribution < -0.4 is 5.32 Å². The number of nitrogens with zero attached hydrogens (tertiary/aromatic N) is 1. The van der Waals surface area contributed by atoms with E-state index < -0.39 is 5.82 Å². The summed E-state index contributed by atoms with van der Waals surface area (Å²) in [5.74, 6) is -0.643. The highest BCUT2D eigenvalue weighted by molar-refractivity contribution is 6.35. The van der Waals surface area contributed by atoms with Crippen LogP contribution in [0.3, 0.4) is 0 Å². The van der Waals surface area contributed by atoms with Crippen molar-refractivity contribution in [1.29, 1.82) is 5.26 Å². The molecule has 1 atom stereocenters. The monoisotopic (exact) mass is 308 g/mol. The number of hydrogen-bond acceptors (Lipinski definition) is 2. The molecular weight excluding hydrogens is 298 g/mol. The second-order valence-electron chi connectivity index (χ2n) is 4.22. The summed E-state index contributed by atoms with van der Waals surface area (Å²) < 4.78 is 13.4. The summed E-state index contributed by atoms with van der Waals surface area (Å²) in [7, 11) is 0. The molecule has 0 bridgehead atoms. The van der Waals surface area contributed by atoms with Crippen LogP contribution >= 0.6 is 23.2 Å². The number of rotatable bonds is 4. The Kier molecular flexibility index (Phi) is 4.84. The molecular formula is C15H11Cl2FN2. The topological polar surface area (TPSA) is 35.8 Å². The minimum Gasteiger partial charge on any atom is -0.377 e. The highest BCUT2D eigenvalue weighted by Crippen LogP contribution is 2.30. The van der Waals surface area contributed by atoms with Crippen molar-refractivity contribution >= 4 is 28.9 Å². The predicted octanol–water partition coefficient (Wildman–Crippen LogP) is 5.20. The van der Waals surface area contributed by atoms with Gasteiger partial charge in [-0.1, -0.05) is 53.5 Å². The Balaban J connectivity index is 2.28. The molecule has 5 heteroatoms. The molecule has 0 heterocycles. The summed E-state index contributed by atoms with van der Waals surface area (Å²) in [6, 6.07) is 14.4. The Bertz CT molecular complexity index is 615. The molecule has 20 heavy (non-hydrogen) atoms. The van der Waals surface area contributed by atoms with Crippen molar-refractivity contribution in [2.45, 2.75) is 12.5 Å². The molecule has 0 aromatic heterocycles. The third-order valence-electron chi connectivity index (χ3n) is 2.82. The van der Waals surface area contributed by atoms with Crippen molar-refractivity contribution in [3.8, 4) is 6.07 Å². The second kappa shape index (κ2) is 6.60. The Labute approximate surface area is 126 Å². The van der Waals surface area contributed by atoms with E-state index in [4.69, 9.17) is 28.5 Å². The summed E-state index contributed by atoms with van der Waals surface area (Å²) in [6.45, 7) is 0. The van der Waals surface area contributed by atoms with E-state index in [1.165, 1.54) is 12.1 Å². The number of nitriles is 1. The van der Waals surface area contributed by atoms with Crippen LogP contribution in [-0.4, -0.2) is 0 Å². The molecule has 102 valence electrons. The molecule has 0 aliphatic carbocycles. The number of hydrogen-bond donors (Lipinski definition) is 1. The molecule has 0 amide bonds. The van der Waals surface area contributed by atoms with Gasteiger partial charge in [0.25, 0.3) is 0 Å². The molecule has 0 saturated carbocycles. The maximum absolute atomic E-state index is 13.4. The average Bonchev–Trinajstić information content (AvgIpc) is 2.45. The first-order valence-corrected chi connectivity index (χ1v) is 6.70. The first-order chi connectivity index (χ1) is 9.61. The van der Waals surface area contributed by atoms with Crippen molar-refractivity contribution in [2.24, 2.45) is 0 Å². The van der Waals surface area contributed by atoms with Gasteiger partial charge < -0.3 is 5.32 Å². The quantitative estimate of drug-likeness (QED) is 0.788. The highest BCUT2D eigenvalue weighted by atomic mass is 35.5. The van der Waals surface area contributed by atoms with E-state index in [-0.39, 0.29) is 22.5 Å². The molecule has 0 radical (unpaired) electrons. The summed E-state index contributed by atoms with van der Waals surface area (Å²) in [6.07, 6.45) is 0.274. The van der Waals surface area contributed by atoms with Gasteiger partial charge in [-0.2, -0.15) is 5.26 Å². The molecule has 2 aromatic rings. The lowest BCUT2D eigenvalue weighted by atomic mass is 10.0. The summed E-state index contributed by atoms with van der Waals surface area (Å²) in [5.41, 5.74) is 1.54. The summed E-state index contributed by atoms with van der Waals surface area (Å²) in [4.78, 5) is 0. The highest BCUT2D eigenvalue weighted by Gasteiger charge is 2.13. The Hall–Kier alpha value is -1.76. The average molecular weight is 309 g/mol. The molecule has 0 aliphatic rings. The molecule has 2 aromatic carbocycles. The molecule has 0 spiro atoms. The maximum Gasteiger partial charge on any atom is 0.160 e. The Morgan fingerprint density at radius 2 is 1.75 bits per heavy atom. The van der Waals surface area contributed by atoms with Gasteiger partial charge in [-0.3, -0.25) is 0 Å². The van der Waals surface area contributed by atoms with E-state index in [0.717, 1.165) is 5.56 Å². The zero-order chi connectivity index (χ0) is 14.5.